The van der Waals surface area contributed by atoms with Crippen LogP contribution >= 0.6 is 11.6 Å². The third-order valence-corrected chi connectivity index (χ3v) is 21.4. The molecule has 0 radical (unpaired) electrons. The third kappa shape index (κ3) is 19.5. The van der Waals surface area contributed by atoms with Crippen LogP contribution in [0.3, 0.4) is 0 Å². The fourth-order valence-electron chi connectivity index (χ4n) is 14.4. The summed E-state index contributed by atoms with van der Waals surface area (Å²) in [5, 5.41) is 10.5. The molecule has 0 aromatic heterocycles. The number of likely N-dealkylation sites (N-methyl/N-ethyl adjacent to an activating group) is 6. The Labute approximate surface area is 581 Å². The van der Waals surface area contributed by atoms with Gasteiger partial charge in [0.2, 0.25) is 70.9 Å². The van der Waals surface area contributed by atoms with E-state index in [4.69, 9.17) is 11.6 Å². The zero-order chi connectivity index (χ0) is 73.0. The Kier molecular flexibility index (Phi) is 28.4. The van der Waals surface area contributed by atoms with Gasteiger partial charge in [0.05, 0.1) is 23.6 Å². The van der Waals surface area contributed by atoms with Crippen molar-refractivity contribution < 1.29 is 70.7 Å². The van der Waals surface area contributed by atoms with Crippen LogP contribution < -0.4 is 21.3 Å². The summed E-state index contributed by atoms with van der Waals surface area (Å²) in [7, 11) is 8.51. The maximum atomic E-state index is 15.3. The molecule has 10 atom stereocenters. The summed E-state index contributed by atoms with van der Waals surface area (Å²) >= 11 is 6.10. The molecular weight excluding hydrogens is 1290 g/mol. The second-order valence-corrected chi connectivity index (χ2v) is 29.4. The first kappa shape index (κ1) is 79.9. The van der Waals surface area contributed by atoms with Crippen molar-refractivity contribution in [2.45, 2.75) is 243 Å². The van der Waals surface area contributed by atoms with Gasteiger partial charge < -0.3 is 60.5 Å². The fraction of sp³-hybridized carbons (Fsp3) is 0.743. The van der Waals surface area contributed by atoms with Crippen LogP contribution in [0.25, 0.3) is 0 Å². The van der Waals surface area contributed by atoms with Gasteiger partial charge >= 0.3 is 6.18 Å². The molecule has 5 aliphatic rings. The number of alkyl halides is 3. The van der Waals surface area contributed by atoms with E-state index in [9.17, 15) is 61.1 Å². The molecule has 1 aromatic rings. The highest BCUT2D eigenvalue weighted by Crippen LogP contribution is 2.37. The van der Waals surface area contributed by atoms with Crippen molar-refractivity contribution in [2.75, 3.05) is 68.5 Å². The molecule has 4 N–H and O–H groups in total. The highest BCUT2D eigenvalue weighted by Gasteiger charge is 2.50. The Balaban J connectivity index is 1.41. The minimum atomic E-state index is -4.76. The SMILES string of the molecule is CC[C@H](C)[C@@H]1NC(=O)[C@H](CC(C)C)N(C)C(=O)C[C@@H](C(=O)N2CCCCC2)N(C)C(=O)[C@H](C(C)C)N(C)C(=O)C2(CCCC2)NC(=O)[C@H](C)NC(=O)[C@H](CCc2ccc(C(F)(F)F)c(Cl)c2)NC(=O)CN(C)C(=O)[C@H](CC2CCCCC2)N(C)C(=O)[C@@H]2CCN2C(=O)[C@H](C)N(C)C1=O. The molecule has 3 saturated heterocycles. The van der Waals surface area contributed by atoms with Crippen LogP contribution in [0.15, 0.2) is 18.2 Å². The first-order chi connectivity index (χ1) is 46.0. The van der Waals surface area contributed by atoms with E-state index in [-0.39, 0.29) is 68.9 Å². The van der Waals surface area contributed by atoms with E-state index in [2.05, 4.69) is 21.3 Å². The Hall–Kier alpha value is -7.06. The number of carbonyl (C=O) groups is 12. The summed E-state index contributed by atoms with van der Waals surface area (Å²) in [6.45, 7) is 13.9. The first-order valence-corrected chi connectivity index (χ1v) is 35.6. The number of aryl methyl sites for hydroxylation is 1. The molecule has 5 fully saturated rings. The predicted octanol–water partition coefficient (Wildman–Crippen LogP) is 5.54. The normalized spacial score (nSPS) is 27.5. The number of carbonyl (C=O) groups excluding carboxylic acids is 12. The van der Waals surface area contributed by atoms with E-state index >= 15 is 9.59 Å². The Morgan fingerprint density at radius 3 is 1.85 bits per heavy atom. The summed E-state index contributed by atoms with van der Waals surface area (Å²) in [5.41, 5.74) is -2.42. The highest BCUT2D eigenvalue weighted by molar-refractivity contribution is 6.31. The number of nitrogens with one attached hydrogen (secondary N) is 4. The van der Waals surface area contributed by atoms with Crippen molar-refractivity contribution in [1.29, 1.82) is 0 Å². The third-order valence-electron chi connectivity index (χ3n) is 21.1. The van der Waals surface area contributed by atoms with Crippen molar-refractivity contribution in [2.24, 2.45) is 23.7 Å². The molecule has 2 saturated carbocycles. The quantitative estimate of drug-likeness (QED) is 0.213. The predicted molar refractivity (Wildman–Crippen MR) is 362 cm³/mol. The van der Waals surface area contributed by atoms with Gasteiger partial charge in [-0.25, -0.2) is 0 Å². The summed E-state index contributed by atoms with van der Waals surface area (Å²) in [6, 6.07) is -8.23. The lowest BCUT2D eigenvalue weighted by molar-refractivity contribution is -0.160. The summed E-state index contributed by atoms with van der Waals surface area (Å²) in [4.78, 5) is 188. The average Bonchev–Trinajstić information content (AvgIpc) is 0.843. The largest absolute Gasteiger partial charge is 0.417 e. The second-order valence-electron chi connectivity index (χ2n) is 29.0. The second kappa shape index (κ2) is 34.8. The van der Waals surface area contributed by atoms with E-state index in [1.54, 1.807) is 25.7 Å². The minimum Gasteiger partial charge on any atom is -0.343 e. The molecule has 0 unspecified atom stereocenters. The van der Waals surface area contributed by atoms with Gasteiger partial charge in [-0.15, -0.1) is 0 Å². The van der Waals surface area contributed by atoms with Crippen molar-refractivity contribution in [3.63, 3.8) is 0 Å². The van der Waals surface area contributed by atoms with Crippen LogP contribution in [0.2, 0.25) is 5.02 Å². The van der Waals surface area contributed by atoms with Crippen LogP contribution in [0.1, 0.15) is 182 Å². The van der Waals surface area contributed by atoms with Crippen molar-refractivity contribution >= 4 is 82.5 Å². The summed E-state index contributed by atoms with van der Waals surface area (Å²) in [6.07, 6.45) is 3.06. The molecule has 3 heterocycles. The van der Waals surface area contributed by atoms with Gasteiger partial charge in [-0.05, 0) is 119 Å². The van der Waals surface area contributed by atoms with Gasteiger partial charge in [-0.3, -0.25) is 57.5 Å². The number of rotatable bonds is 11. The first-order valence-electron chi connectivity index (χ1n) is 35.2. The maximum absolute atomic E-state index is 15.3. The topological polar surface area (TPSA) is 279 Å². The monoisotopic (exact) mass is 1400 g/mol. The molecule has 0 bridgehead atoms. The summed E-state index contributed by atoms with van der Waals surface area (Å²) in [5.74, 6) is -9.37. The molecule has 24 nitrogen and oxygen atoms in total. The van der Waals surface area contributed by atoms with Crippen molar-refractivity contribution in [1.82, 2.24) is 60.5 Å². The Bertz CT molecular complexity index is 3060. The van der Waals surface area contributed by atoms with Crippen LogP contribution in [0.5, 0.6) is 0 Å². The van der Waals surface area contributed by atoms with Crippen LogP contribution in [0, 0.1) is 23.7 Å². The lowest BCUT2D eigenvalue weighted by atomic mass is 9.84. The van der Waals surface area contributed by atoms with E-state index in [0.717, 1.165) is 55.6 Å². The van der Waals surface area contributed by atoms with E-state index in [1.807, 2.05) is 20.8 Å². The lowest BCUT2D eigenvalue weighted by Gasteiger charge is -2.45. The number of fused-ring (bicyclic) bond motifs is 1. The highest BCUT2D eigenvalue weighted by atomic mass is 35.5. The van der Waals surface area contributed by atoms with Gasteiger partial charge in [0.25, 0.3) is 0 Å². The standard InChI is InChI=1S/C70H108ClF3N12O12/c1-15-43(6)57-66(96)80(10)45(8)62(92)86-35-30-51(86)64(94)82(12)53(38-46-24-18-16-19-25-46)63(93)79(9)40-55(87)76-50(29-27-47-26-28-48(49(71)37-47)70(72,73)74)60(90)75-44(7)59(89)78-69(31-20-21-32-69)68(98)84(14)58(42(4)5)67(97)83(13)54(65(95)85-33-22-17-23-34-85)39-56(88)81(11)52(36-41(2)3)61(91)77-57/h26,28,37,41-46,50-54,57-58H,15-25,27,29-36,38-40H2,1-14H3,(H,75,90)(H,76,87)(H,77,91)(H,78,89)/t43-,44-,45-,50-,51-,52-,53-,54-,57-,58-/m0/s1. The number of likely N-dealkylation sites (tertiary alicyclic amines) is 1. The average molecular weight is 1400 g/mol. The van der Waals surface area contributed by atoms with Crippen molar-refractivity contribution in [3.05, 3.63) is 34.3 Å². The number of piperidine rings is 1. The zero-order valence-corrected chi connectivity index (χ0v) is 60.7. The molecule has 98 heavy (non-hydrogen) atoms. The van der Waals surface area contributed by atoms with Gasteiger partial charge in [0.1, 0.15) is 59.9 Å². The van der Waals surface area contributed by atoms with Gasteiger partial charge in [-0.2, -0.15) is 13.2 Å². The molecule has 1 aromatic carbocycles. The van der Waals surface area contributed by atoms with Gasteiger partial charge in [0, 0.05) is 61.9 Å². The van der Waals surface area contributed by atoms with Crippen molar-refractivity contribution in [3.8, 4) is 0 Å². The molecule has 6 rings (SSSR count). The maximum Gasteiger partial charge on any atom is 0.417 e. The number of benzene rings is 1. The molecule has 2 aliphatic carbocycles. The number of hydrogen-bond donors (Lipinski definition) is 4. The minimum absolute atomic E-state index is 0.0179. The molecular formula is C70H108ClF3N12O12. The molecule has 12 amide bonds. The molecule has 548 valence electrons. The van der Waals surface area contributed by atoms with Gasteiger partial charge in [-0.1, -0.05) is 111 Å². The van der Waals surface area contributed by atoms with E-state index in [1.165, 1.54) is 91.6 Å². The summed E-state index contributed by atoms with van der Waals surface area (Å²) < 4.78 is 41.3. The molecule has 28 heteroatoms. The molecule has 1 spiro atoms. The Morgan fingerprint density at radius 2 is 1.29 bits per heavy atom. The Morgan fingerprint density at radius 1 is 0.663 bits per heavy atom. The van der Waals surface area contributed by atoms with Gasteiger partial charge in [0.15, 0.2) is 0 Å². The lowest BCUT2D eigenvalue weighted by Crippen LogP contribution is -2.65. The fourth-order valence-corrected chi connectivity index (χ4v) is 14.7. The zero-order valence-electron chi connectivity index (χ0n) is 60.0. The van der Waals surface area contributed by atoms with Crippen LogP contribution in [-0.2, 0) is 70.1 Å². The number of hydrogen-bond acceptors (Lipinski definition) is 12. The van der Waals surface area contributed by atoms with Crippen LogP contribution in [-0.4, -0.2) is 238 Å². The number of halogens is 4. The van der Waals surface area contributed by atoms with Crippen LogP contribution in [0.4, 0.5) is 13.2 Å². The molecule has 3 aliphatic heterocycles. The van der Waals surface area contributed by atoms with E-state index < -0.39 is 172 Å². The number of amides is 12. The smallest absolute Gasteiger partial charge is 0.343 e. The van der Waals surface area contributed by atoms with E-state index in [0.29, 0.717) is 45.2 Å². The number of nitrogens with zero attached hydrogens (tertiary/aromatic N) is 8.